The lowest BCUT2D eigenvalue weighted by Crippen LogP contribution is -2.19. The summed E-state index contributed by atoms with van der Waals surface area (Å²) in [6.45, 7) is 2.53. The monoisotopic (exact) mass is 190 g/mol. The number of nitrogens with zero attached hydrogens (tertiary/aromatic N) is 1. The molecule has 0 bridgehead atoms. The van der Waals surface area contributed by atoms with Gasteiger partial charge in [-0.2, -0.15) is 4.99 Å². The third-order valence-electron chi connectivity index (χ3n) is 1.06. The molecule has 0 radical (unpaired) electrons. The summed E-state index contributed by atoms with van der Waals surface area (Å²) in [6.07, 6.45) is 0. The first-order chi connectivity index (χ1) is 5.33. The zero-order valence-electron chi connectivity index (χ0n) is 6.29. The first kappa shape index (κ1) is 8.93. The minimum absolute atomic E-state index is 0.218. The number of nitrogens with one attached hydrogen (secondary N) is 1. The van der Waals surface area contributed by atoms with Crippen molar-refractivity contribution < 1.29 is 4.79 Å². The number of amides is 2. The van der Waals surface area contributed by atoms with Gasteiger partial charge in [0.15, 0.2) is 0 Å². The Kier molecular flexibility index (Phi) is 3.79. The van der Waals surface area contributed by atoms with E-state index in [9.17, 15) is 4.79 Å². The van der Waals surface area contributed by atoms with Gasteiger partial charge < -0.3 is 5.32 Å². The molecule has 1 heterocycles. The van der Waals surface area contributed by atoms with Gasteiger partial charge in [-0.3, -0.25) is 0 Å². The number of carbonyl (C=O) groups is 1. The van der Waals surface area contributed by atoms with E-state index < -0.39 is 0 Å². The molecule has 0 atom stereocenters. The zero-order chi connectivity index (χ0) is 8.10. The van der Waals surface area contributed by atoms with Crippen LogP contribution in [0.1, 0.15) is 6.92 Å². The Balaban J connectivity index is 2.36. The van der Waals surface area contributed by atoms with Crippen LogP contribution in [0.15, 0.2) is 4.99 Å². The summed E-state index contributed by atoms with van der Waals surface area (Å²) in [6, 6.07) is -0.218. The van der Waals surface area contributed by atoms with Crippen LogP contribution in [0.3, 0.4) is 0 Å². The molecule has 0 aliphatic carbocycles. The summed E-state index contributed by atoms with van der Waals surface area (Å²) < 4.78 is 0.899. The van der Waals surface area contributed by atoms with E-state index in [0.29, 0.717) is 6.54 Å². The topological polar surface area (TPSA) is 41.5 Å². The zero-order valence-corrected chi connectivity index (χ0v) is 7.93. The van der Waals surface area contributed by atoms with Crippen LogP contribution in [0, 0.1) is 0 Å². The smallest absolute Gasteiger partial charge is 0.336 e. The highest BCUT2D eigenvalue weighted by Gasteiger charge is 2.10. The predicted molar refractivity (Wildman–Crippen MR) is 51.4 cm³/mol. The highest BCUT2D eigenvalue weighted by Crippen LogP contribution is 2.25. The van der Waals surface area contributed by atoms with Gasteiger partial charge in [0.05, 0.1) is 0 Å². The molecule has 0 spiro atoms. The van der Waals surface area contributed by atoms with Crippen LogP contribution in [0.4, 0.5) is 4.79 Å². The standard InChI is InChI=1S/C6H10N2OS2/c1-2-7-5(9)8-6-10-3-4-11-6/h2-4H2,1H3,(H,7,9). The predicted octanol–water partition coefficient (Wildman–Crippen LogP) is 1.55. The number of hydrogen-bond donors (Lipinski definition) is 1. The van der Waals surface area contributed by atoms with Crippen molar-refractivity contribution in [3.05, 3.63) is 0 Å². The highest BCUT2D eigenvalue weighted by molar-refractivity contribution is 8.41. The van der Waals surface area contributed by atoms with Crippen molar-refractivity contribution in [3.8, 4) is 0 Å². The summed E-state index contributed by atoms with van der Waals surface area (Å²) in [5, 5.41) is 2.62. The molecule has 3 nitrogen and oxygen atoms in total. The Labute approximate surface area is 74.4 Å². The second-order valence-corrected chi connectivity index (χ2v) is 4.34. The van der Waals surface area contributed by atoms with Crippen molar-refractivity contribution in [2.45, 2.75) is 6.92 Å². The van der Waals surface area contributed by atoms with Gasteiger partial charge in [0.1, 0.15) is 4.38 Å². The van der Waals surface area contributed by atoms with Crippen molar-refractivity contribution in [1.29, 1.82) is 0 Å². The van der Waals surface area contributed by atoms with Crippen LogP contribution < -0.4 is 5.32 Å². The van der Waals surface area contributed by atoms with Gasteiger partial charge in [0, 0.05) is 18.1 Å². The molecule has 0 aromatic heterocycles. The third kappa shape index (κ3) is 3.16. The Hall–Kier alpha value is -0.160. The van der Waals surface area contributed by atoms with E-state index in [-0.39, 0.29) is 6.03 Å². The van der Waals surface area contributed by atoms with Crippen LogP contribution in [0.25, 0.3) is 0 Å². The lowest BCUT2D eigenvalue weighted by Gasteiger charge is -1.95. The van der Waals surface area contributed by atoms with Gasteiger partial charge in [-0.05, 0) is 6.92 Å². The number of carbonyl (C=O) groups excluding carboxylic acids is 1. The first-order valence-corrected chi connectivity index (χ1v) is 5.42. The molecular formula is C6H10N2OS2. The lowest BCUT2D eigenvalue weighted by molar-refractivity contribution is 0.250. The van der Waals surface area contributed by atoms with Crippen LogP contribution in [-0.2, 0) is 0 Å². The number of rotatable bonds is 1. The van der Waals surface area contributed by atoms with Crippen molar-refractivity contribution in [3.63, 3.8) is 0 Å². The SMILES string of the molecule is CCNC(=O)N=C1SCCS1. The molecule has 0 aromatic rings. The fourth-order valence-electron chi connectivity index (χ4n) is 0.638. The maximum atomic E-state index is 10.9. The Morgan fingerprint density at radius 2 is 2.27 bits per heavy atom. The molecule has 1 fully saturated rings. The fraction of sp³-hybridized carbons (Fsp3) is 0.667. The van der Waals surface area contributed by atoms with E-state index in [0.717, 1.165) is 15.9 Å². The van der Waals surface area contributed by atoms with Crippen molar-refractivity contribution >= 4 is 33.9 Å². The lowest BCUT2D eigenvalue weighted by atomic mass is 10.7. The first-order valence-electron chi connectivity index (χ1n) is 3.45. The molecule has 11 heavy (non-hydrogen) atoms. The highest BCUT2D eigenvalue weighted by atomic mass is 32.2. The molecule has 0 unspecified atom stereocenters. The number of hydrogen-bond acceptors (Lipinski definition) is 3. The normalized spacial score (nSPS) is 16.6. The Bertz CT molecular complexity index is 173. The average molecular weight is 190 g/mol. The molecule has 1 aliphatic heterocycles. The molecule has 1 aliphatic rings. The fourth-order valence-corrected chi connectivity index (χ4v) is 2.78. The van der Waals surface area contributed by atoms with E-state index in [2.05, 4.69) is 10.3 Å². The average Bonchev–Trinajstić information content (AvgIpc) is 2.40. The van der Waals surface area contributed by atoms with Crippen LogP contribution in [0.5, 0.6) is 0 Å². The molecule has 1 saturated heterocycles. The van der Waals surface area contributed by atoms with Gasteiger partial charge in [-0.15, -0.1) is 0 Å². The maximum Gasteiger partial charge on any atom is 0.342 e. The Morgan fingerprint density at radius 3 is 2.82 bits per heavy atom. The van der Waals surface area contributed by atoms with Gasteiger partial charge in [-0.1, -0.05) is 23.5 Å². The number of urea groups is 1. The van der Waals surface area contributed by atoms with Gasteiger partial charge in [0.25, 0.3) is 0 Å². The van der Waals surface area contributed by atoms with Crippen LogP contribution in [-0.4, -0.2) is 28.5 Å². The molecule has 1 N–H and O–H groups in total. The van der Waals surface area contributed by atoms with E-state index in [1.807, 2.05) is 6.92 Å². The largest absolute Gasteiger partial charge is 0.342 e. The van der Waals surface area contributed by atoms with E-state index in [1.54, 1.807) is 23.5 Å². The third-order valence-corrected chi connectivity index (χ3v) is 3.51. The molecule has 5 heteroatoms. The van der Waals surface area contributed by atoms with Gasteiger partial charge in [-0.25, -0.2) is 4.79 Å². The summed E-state index contributed by atoms with van der Waals surface area (Å²) in [5.74, 6) is 2.14. The van der Waals surface area contributed by atoms with E-state index in [4.69, 9.17) is 0 Å². The van der Waals surface area contributed by atoms with E-state index in [1.165, 1.54) is 0 Å². The number of thioether (sulfide) groups is 2. The molecule has 2 amide bonds. The summed E-state index contributed by atoms with van der Waals surface area (Å²) in [5.41, 5.74) is 0. The molecule has 0 saturated carbocycles. The summed E-state index contributed by atoms with van der Waals surface area (Å²) in [4.78, 5) is 14.7. The second-order valence-electron chi connectivity index (χ2n) is 1.91. The van der Waals surface area contributed by atoms with Gasteiger partial charge >= 0.3 is 6.03 Å². The summed E-state index contributed by atoms with van der Waals surface area (Å²) >= 11 is 3.30. The minimum Gasteiger partial charge on any atom is -0.336 e. The number of aliphatic imine (C=N–C) groups is 1. The maximum absolute atomic E-state index is 10.9. The second kappa shape index (κ2) is 4.66. The van der Waals surface area contributed by atoms with Crippen molar-refractivity contribution in [2.24, 2.45) is 4.99 Å². The van der Waals surface area contributed by atoms with Crippen molar-refractivity contribution in [1.82, 2.24) is 5.32 Å². The Morgan fingerprint density at radius 1 is 1.64 bits per heavy atom. The minimum atomic E-state index is -0.218. The van der Waals surface area contributed by atoms with Gasteiger partial charge in [0.2, 0.25) is 0 Å². The molecule has 0 aromatic carbocycles. The molecule has 62 valence electrons. The quantitative estimate of drug-likeness (QED) is 0.682. The molecule has 1 rings (SSSR count). The van der Waals surface area contributed by atoms with Crippen LogP contribution in [0.2, 0.25) is 0 Å². The summed E-state index contributed by atoms with van der Waals surface area (Å²) in [7, 11) is 0. The van der Waals surface area contributed by atoms with E-state index >= 15 is 0 Å². The molecular weight excluding hydrogens is 180 g/mol. The van der Waals surface area contributed by atoms with Crippen LogP contribution >= 0.6 is 23.5 Å². The van der Waals surface area contributed by atoms with Crippen molar-refractivity contribution in [2.75, 3.05) is 18.1 Å².